The Kier molecular flexibility index (Phi) is 3.80. The SMILES string of the molecule is O=C(O)c1ccc2c(c1)CC(Nc1ncc3cc(F)ccc3n1)CC2. The highest BCUT2D eigenvalue weighted by atomic mass is 19.1. The van der Waals surface area contributed by atoms with Gasteiger partial charge in [0, 0.05) is 17.6 Å². The van der Waals surface area contributed by atoms with Crippen molar-refractivity contribution < 1.29 is 14.3 Å². The number of hydrogen-bond acceptors (Lipinski definition) is 4. The van der Waals surface area contributed by atoms with E-state index in [4.69, 9.17) is 5.11 Å². The third-order valence-corrected chi connectivity index (χ3v) is 4.56. The Morgan fingerprint density at radius 1 is 1.20 bits per heavy atom. The van der Waals surface area contributed by atoms with Gasteiger partial charge in [0.15, 0.2) is 0 Å². The van der Waals surface area contributed by atoms with Gasteiger partial charge >= 0.3 is 5.97 Å². The quantitative estimate of drug-likeness (QED) is 0.766. The van der Waals surface area contributed by atoms with Crippen LogP contribution in [0.3, 0.4) is 0 Å². The van der Waals surface area contributed by atoms with Crippen LogP contribution in [0.25, 0.3) is 10.9 Å². The van der Waals surface area contributed by atoms with Gasteiger partial charge in [-0.25, -0.2) is 19.2 Å². The second-order valence-corrected chi connectivity index (χ2v) is 6.27. The maximum Gasteiger partial charge on any atom is 0.335 e. The zero-order chi connectivity index (χ0) is 17.4. The number of carboxylic acids is 1. The first-order valence-corrected chi connectivity index (χ1v) is 8.12. The lowest BCUT2D eigenvalue weighted by Gasteiger charge is -2.25. The van der Waals surface area contributed by atoms with Crippen LogP contribution in [0.2, 0.25) is 0 Å². The van der Waals surface area contributed by atoms with Crippen LogP contribution in [0, 0.1) is 5.82 Å². The van der Waals surface area contributed by atoms with Gasteiger partial charge < -0.3 is 10.4 Å². The summed E-state index contributed by atoms with van der Waals surface area (Å²) in [4.78, 5) is 19.8. The minimum atomic E-state index is -0.914. The molecule has 0 bridgehead atoms. The molecular weight excluding hydrogens is 321 g/mol. The van der Waals surface area contributed by atoms with Gasteiger partial charge in [0.1, 0.15) is 5.82 Å². The van der Waals surface area contributed by atoms with Crippen LogP contribution in [0.1, 0.15) is 27.9 Å². The van der Waals surface area contributed by atoms with E-state index in [1.807, 2.05) is 6.07 Å². The second kappa shape index (κ2) is 6.12. The van der Waals surface area contributed by atoms with Crippen molar-refractivity contribution in [3.63, 3.8) is 0 Å². The number of benzene rings is 2. The van der Waals surface area contributed by atoms with Crippen LogP contribution in [0.4, 0.5) is 10.3 Å². The van der Waals surface area contributed by atoms with Crippen molar-refractivity contribution in [1.82, 2.24) is 9.97 Å². The molecule has 126 valence electrons. The Morgan fingerprint density at radius 3 is 2.92 bits per heavy atom. The number of anilines is 1. The topological polar surface area (TPSA) is 75.1 Å². The molecule has 1 heterocycles. The fourth-order valence-corrected chi connectivity index (χ4v) is 3.27. The summed E-state index contributed by atoms with van der Waals surface area (Å²) in [6.45, 7) is 0. The number of fused-ring (bicyclic) bond motifs is 2. The Hall–Kier alpha value is -3.02. The summed E-state index contributed by atoms with van der Waals surface area (Å²) in [5.41, 5.74) is 3.23. The van der Waals surface area contributed by atoms with Crippen molar-refractivity contribution in [2.45, 2.75) is 25.3 Å². The Labute approximate surface area is 143 Å². The number of aromatic nitrogens is 2. The van der Waals surface area contributed by atoms with Gasteiger partial charge in [0.25, 0.3) is 0 Å². The predicted octanol–water partition coefficient (Wildman–Crippen LogP) is 3.44. The normalized spacial score (nSPS) is 16.4. The molecule has 1 unspecified atom stereocenters. The van der Waals surface area contributed by atoms with Crippen LogP contribution in [0.5, 0.6) is 0 Å². The molecule has 0 amide bonds. The van der Waals surface area contributed by atoms with E-state index < -0.39 is 5.97 Å². The molecule has 0 spiro atoms. The molecule has 3 aromatic rings. The van der Waals surface area contributed by atoms with Gasteiger partial charge in [0.05, 0.1) is 11.1 Å². The average molecular weight is 337 g/mol. The Balaban J connectivity index is 1.55. The van der Waals surface area contributed by atoms with Gasteiger partial charge in [0.2, 0.25) is 5.95 Å². The van der Waals surface area contributed by atoms with Gasteiger partial charge in [-0.3, -0.25) is 0 Å². The smallest absolute Gasteiger partial charge is 0.335 e. The number of aryl methyl sites for hydroxylation is 1. The van der Waals surface area contributed by atoms with Gasteiger partial charge in [-0.1, -0.05) is 6.07 Å². The van der Waals surface area contributed by atoms with Crippen molar-refractivity contribution in [3.8, 4) is 0 Å². The largest absolute Gasteiger partial charge is 0.478 e. The van der Waals surface area contributed by atoms with E-state index in [9.17, 15) is 9.18 Å². The molecule has 1 atom stereocenters. The molecule has 0 saturated heterocycles. The number of nitrogens with one attached hydrogen (secondary N) is 1. The number of hydrogen-bond donors (Lipinski definition) is 2. The summed E-state index contributed by atoms with van der Waals surface area (Å²) in [6, 6.07) is 9.85. The highest BCUT2D eigenvalue weighted by Crippen LogP contribution is 2.25. The maximum atomic E-state index is 13.2. The van der Waals surface area contributed by atoms with E-state index in [1.165, 1.54) is 17.7 Å². The molecule has 1 aliphatic rings. The summed E-state index contributed by atoms with van der Waals surface area (Å²) in [6.07, 6.45) is 4.13. The number of carboxylic acid groups (broad SMARTS) is 1. The predicted molar refractivity (Wildman–Crippen MR) is 92.3 cm³/mol. The van der Waals surface area contributed by atoms with Crippen LogP contribution in [-0.4, -0.2) is 27.1 Å². The molecule has 1 aromatic heterocycles. The molecule has 1 aliphatic carbocycles. The van der Waals surface area contributed by atoms with Crippen molar-refractivity contribution in [2.75, 3.05) is 5.32 Å². The first-order chi connectivity index (χ1) is 12.1. The van der Waals surface area contributed by atoms with Crippen LogP contribution in [0.15, 0.2) is 42.6 Å². The van der Waals surface area contributed by atoms with E-state index in [0.717, 1.165) is 24.8 Å². The van der Waals surface area contributed by atoms with Gasteiger partial charge in [-0.2, -0.15) is 0 Å². The summed E-state index contributed by atoms with van der Waals surface area (Å²) in [5.74, 6) is -0.722. The zero-order valence-electron chi connectivity index (χ0n) is 13.4. The molecule has 0 saturated carbocycles. The maximum absolute atomic E-state index is 13.2. The first kappa shape index (κ1) is 15.5. The fourth-order valence-electron chi connectivity index (χ4n) is 3.27. The monoisotopic (exact) mass is 337 g/mol. The lowest BCUT2D eigenvalue weighted by molar-refractivity contribution is 0.0696. The number of aromatic carboxylic acids is 1. The van der Waals surface area contributed by atoms with E-state index in [1.54, 1.807) is 24.4 Å². The number of rotatable bonds is 3. The molecule has 2 N–H and O–H groups in total. The van der Waals surface area contributed by atoms with E-state index in [0.29, 0.717) is 22.4 Å². The van der Waals surface area contributed by atoms with E-state index >= 15 is 0 Å². The third kappa shape index (κ3) is 3.15. The van der Waals surface area contributed by atoms with E-state index in [-0.39, 0.29) is 11.9 Å². The van der Waals surface area contributed by atoms with Crippen molar-refractivity contribution >= 4 is 22.8 Å². The minimum Gasteiger partial charge on any atom is -0.478 e. The summed E-state index contributed by atoms with van der Waals surface area (Å²) < 4.78 is 13.2. The molecule has 0 radical (unpaired) electrons. The Bertz CT molecular complexity index is 974. The number of nitrogens with zero attached hydrogens (tertiary/aromatic N) is 2. The second-order valence-electron chi connectivity index (χ2n) is 6.27. The molecule has 5 nitrogen and oxygen atoms in total. The lowest BCUT2D eigenvalue weighted by Crippen LogP contribution is -2.28. The molecule has 0 fully saturated rings. The number of carbonyl (C=O) groups is 1. The standard InChI is InChI=1S/C19H16FN3O2/c20-15-4-6-17-14(8-15)10-21-19(23-17)22-16-5-3-11-1-2-12(18(24)25)7-13(11)9-16/h1-2,4,6-8,10,16H,3,5,9H2,(H,24,25)(H,21,22,23). The highest BCUT2D eigenvalue weighted by molar-refractivity contribution is 5.88. The summed E-state index contributed by atoms with van der Waals surface area (Å²) >= 11 is 0. The summed E-state index contributed by atoms with van der Waals surface area (Å²) in [5, 5.41) is 13.1. The molecule has 2 aromatic carbocycles. The molecule has 0 aliphatic heterocycles. The first-order valence-electron chi connectivity index (χ1n) is 8.12. The fraction of sp³-hybridized carbons (Fsp3) is 0.211. The molecule has 4 rings (SSSR count). The van der Waals surface area contributed by atoms with Crippen LogP contribution in [-0.2, 0) is 12.8 Å². The van der Waals surface area contributed by atoms with E-state index in [2.05, 4.69) is 15.3 Å². The lowest BCUT2D eigenvalue weighted by atomic mass is 9.87. The minimum absolute atomic E-state index is 0.134. The molecular formula is C19H16FN3O2. The Morgan fingerprint density at radius 2 is 2.08 bits per heavy atom. The van der Waals surface area contributed by atoms with Crippen molar-refractivity contribution in [3.05, 3.63) is 65.1 Å². The van der Waals surface area contributed by atoms with Gasteiger partial charge in [-0.15, -0.1) is 0 Å². The van der Waals surface area contributed by atoms with Crippen molar-refractivity contribution in [2.24, 2.45) is 0 Å². The van der Waals surface area contributed by atoms with Gasteiger partial charge in [-0.05, 0) is 60.7 Å². The number of halogens is 1. The highest BCUT2D eigenvalue weighted by Gasteiger charge is 2.20. The van der Waals surface area contributed by atoms with Crippen molar-refractivity contribution in [1.29, 1.82) is 0 Å². The summed E-state index contributed by atoms with van der Waals surface area (Å²) in [7, 11) is 0. The third-order valence-electron chi connectivity index (χ3n) is 4.56. The van der Waals surface area contributed by atoms with Crippen LogP contribution >= 0.6 is 0 Å². The molecule has 25 heavy (non-hydrogen) atoms. The molecule has 6 heteroatoms. The average Bonchev–Trinajstić information content (AvgIpc) is 2.61. The van der Waals surface area contributed by atoms with Crippen LogP contribution < -0.4 is 5.32 Å². The zero-order valence-corrected chi connectivity index (χ0v) is 13.4.